The second kappa shape index (κ2) is 8.45. The number of carbonyl (C=O) groups excluding carboxylic acids is 2. The van der Waals surface area contributed by atoms with E-state index in [0.717, 1.165) is 0 Å². The van der Waals surface area contributed by atoms with Gasteiger partial charge in [-0.05, 0) is 24.3 Å². The maximum atomic E-state index is 11.5. The Bertz CT molecular complexity index is 517. The molecule has 0 radical (unpaired) electrons. The summed E-state index contributed by atoms with van der Waals surface area (Å²) in [6.45, 7) is 3.41. The molecule has 0 aliphatic carbocycles. The zero-order valence-corrected chi connectivity index (χ0v) is 10.9. The van der Waals surface area contributed by atoms with Crippen LogP contribution in [0.2, 0.25) is 0 Å². The molecule has 1 rings (SSSR count). The van der Waals surface area contributed by atoms with E-state index in [1.807, 2.05) is 6.07 Å². The highest BCUT2D eigenvalue weighted by atomic mass is 16.5. The number of carbonyl (C=O) groups is 2. The molecule has 2 amide bonds. The van der Waals surface area contributed by atoms with Crippen LogP contribution in [0.4, 0.5) is 5.69 Å². The lowest BCUT2D eigenvalue weighted by molar-refractivity contribution is -0.128. The normalized spacial score (nSPS) is 9.35. The molecule has 1 aromatic carbocycles. The molecule has 2 N–H and O–H groups in total. The quantitative estimate of drug-likeness (QED) is 0.719. The van der Waals surface area contributed by atoms with E-state index in [-0.39, 0.29) is 25.0 Å². The van der Waals surface area contributed by atoms with Gasteiger partial charge in [0.15, 0.2) is 0 Å². The molecule has 0 unspecified atom stereocenters. The fourth-order valence-corrected chi connectivity index (χ4v) is 1.30. The van der Waals surface area contributed by atoms with Crippen molar-refractivity contribution in [2.45, 2.75) is 0 Å². The molecule has 104 valence electrons. The van der Waals surface area contributed by atoms with Crippen molar-refractivity contribution in [1.82, 2.24) is 5.32 Å². The summed E-state index contributed by atoms with van der Waals surface area (Å²) < 4.78 is 4.96. The molecule has 6 nitrogen and oxygen atoms in total. The van der Waals surface area contributed by atoms with Crippen molar-refractivity contribution in [2.24, 2.45) is 0 Å². The van der Waals surface area contributed by atoms with Gasteiger partial charge in [-0.25, -0.2) is 0 Å². The van der Waals surface area contributed by atoms with Crippen LogP contribution in [0.3, 0.4) is 0 Å². The fraction of sp³-hybridized carbons (Fsp3) is 0.214. The molecule has 0 heterocycles. The number of rotatable bonds is 7. The Labute approximate surface area is 117 Å². The maximum Gasteiger partial charge on any atom is 0.250 e. The first kappa shape index (κ1) is 15.4. The van der Waals surface area contributed by atoms with Crippen molar-refractivity contribution < 1.29 is 14.3 Å². The first-order valence-electron chi connectivity index (χ1n) is 5.91. The second-order valence-corrected chi connectivity index (χ2v) is 3.82. The van der Waals surface area contributed by atoms with E-state index in [4.69, 9.17) is 10.00 Å². The molecule has 0 fully saturated rings. The minimum atomic E-state index is -0.369. The number of nitrogens with zero attached hydrogens (tertiary/aromatic N) is 1. The van der Waals surface area contributed by atoms with Crippen LogP contribution in [-0.4, -0.2) is 31.6 Å². The highest BCUT2D eigenvalue weighted by molar-refractivity contribution is 5.91. The molecule has 20 heavy (non-hydrogen) atoms. The monoisotopic (exact) mass is 273 g/mol. The molecule has 0 aliphatic rings. The van der Waals surface area contributed by atoms with Crippen molar-refractivity contribution >= 4 is 17.5 Å². The number of amides is 2. The van der Waals surface area contributed by atoms with Crippen molar-refractivity contribution in [1.29, 1.82) is 5.26 Å². The van der Waals surface area contributed by atoms with Crippen LogP contribution in [0.15, 0.2) is 36.9 Å². The zero-order valence-electron chi connectivity index (χ0n) is 10.9. The first-order chi connectivity index (χ1) is 9.65. The predicted molar refractivity (Wildman–Crippen MR) is 73.8 cm³/mol. The van der Waals surface area contributed by atoms with Gasteiger partial charge in [0.2, 0.25) is 11.8 Å². The van der Waals surface area contributed by atoms with Crippen molar-refractivity contribution in [3.8, 4) is 6.07 Å². The highest BCUT2D eigenvalue weighted by Gasteiger charge is 2.05. The number of hydrogen-bond acceptors (Lipinski definition) is 4. The molecular weight excluding hydrogens is 258 g/mol. The van der Waals surface area contributed by atoms with Gasteiger partial charge in [-0.2, -0.15) is 5.26 Å². The Morgan fingerprint density at radius 1 is 1.25 bits per heavy atom. The van der Waals surface area contributed by atoms with Crippen LogP contribution in [0.1, 0.15) is 5.56 Å². The number of anilines is 1. The van der Waals surface area contributed by atoms with Gasteiger partial charge in [0, 0.05) is 12.2 Å². The Morgan fingerprint density at radius 3 is 2.50 bits per heavy atom. The van der Waals surface area contributed by atoms with Gasteiger partial charge >= 0.3 is 0 Å². The lowest BCUT2D eigenvalue weighted by Gasteiger charge is -2.06. The van der Waals surface area contributed by atoms with Gasteiger partial charge in [0.25, 0.3) is 0 Å². The van der Waals surface area contributed by atoms with Crippen molar-refractivity contribution in [3.05, 3.63) is 42.5 Å². The fourth-order valence-electron chi connectivity index (χ4n) is 1.30. The number of nitriles is 1. The van der Waals surface area contributed by atoms with Crippen LogP contribution < -0.4 is 10.6 Å². The summed E-state index contributed by atoms with van der Waals surface area (Å²) in [7, 11) is 0. The van der Waals surface area contributed by atoms with E-state index in [1.54, 1.807) is 30.3 Å². The molecule has 0 spiro atoms. The van der Waals surface area contributed by atoms with E-state index in [1.165, 1.54) is 0 Å². The third-order valence-electron chi connectivity index (χ3n) is 2.21. The van der Waals surface area contributed by atoms with E-state index in [2.05, 4.69) is 17.2 Å². The lowest BCUT2D eigenvalue weighted by atomic mass is 10.2. The molecule has 1 aromatic rings. The Hall–Kier alpha value is -2.65. The van der Waals surface area contributed by atoms with Gasteiger partial charge in [-0.3, -0.25) is 9.59 Å². The summed E-state index contributed by atoms with van der Waals surface area (Å²) in [5.41, 5.74) is 1.08. The van der Waals surface area contributed by atoms with Gasteiger partial charge in [-0.15, -0.1) is 6.58 Å². The summed E-state index contributed by atoms with van der Waals surface area (Å²) in [4.78, 5) is 22.7. The Morgan fingerprint density at radius 2 is 1.90 bits per heavy atom. The highest BCUT2D eigenvalue weighted by Crippen LogP contribution is 2.08. The Kier molecular flexibility index (Phi) is 6.51. The zero-order chi connectivity index (χ0) is 14.8. The predicted octanol–water partition coefficient (Wildman–Crippen LogP) is 0.816. The average molecular weight is 273 g/mol. The van der Waals surface area contributed by atoms with Crippen LogP contribution >= 0.6 is 0 Å². The van der Waals surface area contributed by atoms with Gasteiger partial charge in [-0.1, -0.05) is 6.08 Å². The van der Waals surface area contributed by atoms with E-state index >= 15 is 0 Å². The molecule has 0 saturated carbocycles. The third kappa shape index (κ3) is 5.80. The molecule has 0 atom stereocenters. The minimum absolute atomic E-state index is 0.186. The van der Waals surface area contributed by atoms with E-state index in [0.29, 0.717) is 17.8 Å². The molecular formula is C14H15N3O3. The molecule has 0 bridgehead atoms. The number of hydrogen-bond donors (Lipinski definition) is 2. The van der Waals surface area contributed by atoms with Crippen LogP contribution in [0.5, 0.6) is 0 Å². The van der Waals surface area contributed by atoms with E-state index in [9.17, 15) is 9.59 Å². The van der Waals surface area contributed by atoms with Crippen LogP contribution in [0, 0.1) is 11.3 Å². The number of benzene rings is 1. The summed E-state index contributed by atoms with van der Waals surface area (Å²) in [5.74, 6) is -0.678. The maximum absolute atomic E-state index is 11.5. The molecule has 0 aromatic heterocycles. The summed E-state index contributed by atoms with van der Waals surface area (Å²) >= 11 is 0. The molecule has 6 heteroatoms. The largest absolute Gasteiger partial charge is 0.362 e. The van der Waals surface area contributed by atoms with Gasteiger partial charge in [0.05, 0.1) is 11.6 Å². The number of nitrogens with one attached hydrogen (secondary N) is 2. The third-order valence-corrected chi connectivity index (χ3v) is 2.21. The first-order valence-corrected chi connectivity index (χ1v) is 5.91. The summed E-state index contributed by atoms with van der Waals surface area (Å²) in [6, 6.07) is 8.41. The molecule has 0 saturated heterocycles. The van der Waals surface area contributed by atoms with Crippen LogP contribution in [0.25, 0.3) is 0 Å². The topological polar surface area (TPSA) is 91.2 Å². The summed E-state index contributed by atoms with van der Waals surface area (Å²) in [6.07, 6.45) is 1.55. The standard InChI is InChI=1S/C14H15N3O3/c1-2-7-16-13(18)9-20-10-14(19)17-12-5-3-11(8-15)4-6-12/h2-6H,1,7,9-10H2,(H,16,18)(H,17,19). The second-order valence-electron chi connectivity index (χ2n) is 3.82. The SMILES string of the molecule is C=CCNC(=O)COCC(=O)Nc1ccc(C#N)cc1. The Balaban J connectivity index is 2.27. The minimum Gasteiger partial charge on any atom is -0.362 e. The number of ether oxygens (including phenoxy) is 1. The smallest absolute Gasteiger partial charge is 0.250 e. The molecule has 0 aliphatic heterocycles. The lowest BCUT2D eigenvalue weighted by Crippen LogP contribution is -2.29. The van der Waals surface area contributed by atoms with Crippen molar-refractivity contribution in [2.75, 3.05) is 25.1 Å². The van der Waals surface area contributed by atoms with E-state index < -0.39 is 0 Å². The average Bonchev–Trinajstić information content (AvgIpc) is 2.46. The summed E-state index contributed by atoms with van der Waals surface area (Å²) in [5, 5.41) is 13.8. The van der Waals surface area contributed by atoms with Crippen molar-refractivity contribution in [3.63, 3.8) is 0 Å². The van der Waals surface area contributed by atoms with Crippen LogP contribution in [-0.2, 0) is 14.3 Å². The van der Waals surface area contributed by atoms with Gasteiger partial charge < -0.3 is 15.4 Å². The van der Waals surface area contributed by atoms with Gasteiger partial charge in [0.1, 0.15) is 13.2 Å².